The third-order valence-corrected chi connectivity index (χ3v) is 13.6. The first kappa shape index (κ1) is 51.1. The summed E-state index contributed by atoms with van der Waals surface area (Å²) < 4.78 is 25.9. The first-order valence-corrected chi connectivity index (χ1v) is 23.8. The van der Waals surface area contributed by atoms with Crippen LogP contribution in [0.3, 0.4) is 0 Å². The van der Waals surface area contributed by atoms with Crippen molar-refractivity contribution in [3.8, 4) is 46.3 Å². The molecule has 2 aromatic heterocycles. The Hall–Kier alpha value is -7.28. The van der Waals surface area contributed by atoms with E-state index in [2.05, 4.69) is 57.0 Å². The van der Waals surface area contributed by atoms with Crippen LogP contribution >= 0.6 is 23.2 Å². The fourth-order valence-corrected chi connectivity index (χ4v) is 9.18. The Morgan fingerprint density at radius 3 is 1.44 bits per heavy atom. The van der Waals surface area contributed by atoms with Gasteiger partial charge in [-0.1, -0.05) is 59.6 Å². The molecule has 2 heterocycles. The van der Waals surface area contributed by atoms with E-state index in [9.17, 15) is 40.5 Å². The zero-order chi connectivity index (χ0) is 51.2. The van der Waals surface area contributed by atoms with Crippen LogP contribution in [0.5, 0.6) is 23.0 Å². The maximum Gasteiger partial charge on any atom is 0.326 e. The van der Waals surface area contributed by atoms with Gasteiger partial charge in [-0.05, 0) is 97.2 Å². The Bertz CT molecular complexity index is 2920. The van der Waals surface area contributed by atoms with E-state index in [1.807, 2.05) is 12.1 Å². The molecule has 0 fully saturated rings. The van der Waals surface area contributed by atoms with Crippen molar-refractivity contribution in [2.24, 2.45) is 0 Å². The number of aliphatic carboxylic acids is 2. The van der Waals surface area contributed by atoms with Gasteiger partial charge in [-0.2, -0.15) is 10.5 Å². The second-order valence-electron chi connectivity index (χ2n) is 18.1. The first-order chi connectivity index (χ1) is 34.6. The number of aromatic nitrogens is 2. The minimum atomic E-state index is -1.63. The number of ether oxygens (including phenoxy) is 4. The largest absolute Gasteiger partial charge is 0.488 e. The molecule has 0 spiro atoms. The van der Waals surface area contributed by atoms with Gasteiger partial charge in [0.25, 0.3) is 0 Å². The highest BCUT2D eigenvalue weighted by Crippen LogP contribution is 2.47. The fourth-order valence-electron chi connectivity index (χ4n) is 8.72. The molecule has 2 aliphatic carbocycles. The minimum Gasteiger partial charge on any atom is -0.488 e. The van der Waals surface area contributed by atoms with Crippen LogP contribution in [0.4, 0.5) is 0 Å². The quantitative estimate of drug-likeness (QED) is 0.0396. The fraction of sp³-hybridized carbons (Fsp3) is 0.296. The Kier molecular flexibility index (Phi) is 15.6. The molecule has 16 nitrogen and oxygen atoms in total. The van der Waals surface area contributed by atoms with Crippen molar-refractivity contribution >= 4 is 35.1 Å². The third-order valence-electron chi connectivity index (χ3n) is 13.0. The van der Waals surface area contributed by atoms with Crippen molar-refractivity contribution < 1.29 is 49.0 Å². The van der Waals surface area contributed by atoms with Gasteiger partial charge in [-0.25, -0.2) is 0 Å². The number of carboxylic acid groups (broad SMARTS) is 2. The normalized spacial score (nSPS) is 16.3. The molecule has 4 aromatic carbocycles. The molecule has 0 radical (unpaired) electrons. The molecule has 2 aliphatic rings. The smallest absolute Gasteiger partial charge is 0.326 e. The summed E-state index contributed by atoms with van der Waals surface area (Å²) in [5.74, 6) is -1.02. The van der Waals surface area contributed by atoms with Crippen LogP contribution in [-0.2, 0) is 48.7 Å². The van der Waals surface area contributed by atoms with Gasteiger partial charge in [-0.3, -0.25) is 30.2 Å². The highest BCUT2D eigenvalue weighted by molar-refractivity contribution is 6.32. The summed E-state index contributed by atoms with van der Waals surface area (Å²) >= 11 is 13.8. The maximum absolute atomic E-state index is 12.0. The molecule has 0 aliphatic heterocycles. The van der Waals surface area contributed by atoms with Crippen molar-refractivity contribution in [1.29, 1.82) is 10.5 Å². The number of nitrogens with one attached hydrogen (secondary N) is 2. The van der Waals surface area contributed by atoms with E-state index >= 15 is 0 Å². The molecule has 6 aromatic rings. The van der Waals surface area contributed by atoms with E-state index in [1.165, 1.54) is 26.2 Å². The van der Waals surface area contributed by atoms with Gasteiger partial charge >= 0.3 is 11.9 Å². The molecule has 0 bridgehead atoms. The lowest BCUT2D eigenvalue weighted by atomic mass is 9.91. The van der Waals surface area contributed by atoms with Crippen LogP contribution in [0, 0.1) is 22.7 Å². The number of hydrogen-bond acceptors (Lipinski definition) is 14. The van der Waals surface area contributed by atoms with Crippen molar-refractivity contribution in [1.82, 2.24) is 20.6 Å². The van der Waals surface area contributed by atoms with Crippen molar-refractivity contribution in [2.45, 2.75) is 89.1 Å². The van der Waals surface area contributed by atoms with Gasteiger partial charge in [0.05, 0.1) is 34.4 Å². The van der Waals surface area contributed by atoms with Crippen LogP contribution in [0.1, 0.15) is 94.5 Å². The standard InChI is InChI=1S/C54H50Cl2N6O10/c1-53(29-63,51(65)66)61-25-35-15-43(55)49(17-47(35)69-27-33-13-31(19-57)21-59-23-33)71-45-11-9-39-37(5-3-7-41(39)45)38-6-4-8-42-40(38)10-12-46(42)72-50-18-48(70-28-34-14-32(20-58)22-60-24-34)36(16-44(50)56)26-62-54(2,30-64)52(67)68/h3-8,13-18,21-24,45-46,61-64H,9-12,25-30H2,1-2H3,(H,65,66)(H,67,68)/t45-,46-,53?,54?/m0/s1. The van der Waals surface area contributed by atoms with Crippen LogP contribution in [0.25, 0.3) is 11.1 Å². The monoisotopic (exact) mass is 1010 g/mol. The minimum absolute atomic E-state index is 0.00899. The van der Waals surface area contributed by atoms with E-state index in [0.29, 0.717) is 69.2 Å². The Morgan fingerprint density at radius 2 is 1.07 bits per heavy atom. The van der Waals surface area contributed by atoms with E-state index in [-0.39, 0.29) is 48.6 Å². The topological polar surface area (TPSA) is 249 Å². The number of nitriles is 2. The summed E-state index contributed by atoms with van der Waals surface area (Å²) in [5, 5.41) is 64.5. The lowest BCUT2D eigenvalue weighted by Gasteiger charge is -2.25. The lowest BCUT2D eigenvalue weighted by molar-refractivity contribution is -0.146. The zero-order valence-corrected chi connectivity index (χ0v) is 40.8. The number of nitrogens with zero attached hydrogens (tertiary/aromatic N) is 4. The molecule has 8 rings (SSSR count). The van der Waals surface area contributed by atoms with Crippen LogP contribution < -0.4 is 29.6 Å². The van der Waals surface area contributed by atoms with Gasteiger partial charge in [0, 0.05) is 72.3 Å². The second kappa shape index (κ2) is 22.0. The number of benzene rings is 4. The predicted octanol–water partition coefficient (Wildman–Crippen LogP) is 8.33. The van der Waals surface area contributed by atoms with Crippen LogP contribution in [-0.4, -0.2) is 66.6 Å². The number of aliphatic hydroxyl groups is 2. The highest BCUT2D eigenvalue weighted by Gasteiger charge is 2.35. The summed E-state index contributed by atoms with van der Waals surface area (Å²) in [7, 11) is 0. The number of carbonyl (C=O) groups is 2. The molecule has 0 amide bonds. The molecule has 4 atom stereocenters. The summed E-state index contributed by atoms with van der Waals surface area (Å²) in [6, 6.07) is 26.5. The number of rotatable bonds is 21. The Labute approximate surface area is 425 Å². The molecule has 6 N–H and O–H groups in total. The number of halogens is 2. The summed E-state index contributed by atoms with van der Waals surface area (Å²) in [6.45, 7) is 1.51. The molecule has 72 heavy (non-hydrogen) atoms. The summed E-state index contributed by atoms with van der Waals surface area (Å²) in [6.07, 6.45) is 8.11. The lowest BCUT2D eigenvalue weighted by Crippen LogP contribution is -2.52. The average molecular weight is 1010 g/mol. The number of hydrogen-bond donors (Lipinski definition) is 6. The van der Waals surface area contributed by atoms with Crippen molar-refractivity contribution in [3.63, 3.8) is 0 Å². The van der Waals surface area contributed by atoms with Crippen molar-refractivity contribution in [3.05, 3.63) is 163 Å². The predicted molar refractivity (Wildman–Crippen MR) is 265 cm³/mol. The number of carboxylic acids is 2. The molecule has 2 unspecified atom stereocenters. The average Bonchev–Trinajstić information content (AvgIpc) is 4.01. The van der Waals surface area contributed by atoms with Crippen LogP contribution in [0.2, 0.25) is 10.0 Å². The zero-order valence-electron chi connectivity index (χ0n) is 39.2. The molecule has 0 saturated carbocycles. The second-order valence-corrected chi connectivity index (χ2v) is 18.9. The molecule has 18 heteroatoms. The number of pyridine rings is 2. The van der Waals surface area contributed by atoms with E-state index in [0.717, 1.165) is 46.2 Å². The number of fused-ring (bicyclic) bond motifs is 2. The van der Waals surface area contributed by atoms with E-state index < -0.39 is 36.2 Å². The van der Waals surface area contributed by atoms with Gasteiger partial charge in [0.2, 0.25) is 0 Å². The first-order valence-electron chi connectivity index (χ1n) is 23.0. The van der Waals surface area contributed by atoms with Gasteiger partial charge < -0.3 is 39.4 Å². The van der Waals surface area contributed by atoms with E-state index in [1.54, 1.807) is 48.8 Å². The van der Waals surface area contributed by atoms with Gasteiger partial charge in [0.15, 0.2) is 0 Å². The third kappa shape index (κ3) is 11.1. The van der Waals surface area contributed by atoms with E-state index in [4.69, 9.17) is 42.1 Å². The molecule has 0 saturated heterocycles. The number of aliphatic hydroxyl groups excluding tert-OH is 2. The Morgan fingerprint density at radius 1 is 0.653 bits per heavy atom. The van der Waals surface area contributed by atoms with Crippen molar-refractivity contribution in [2.75, 3.05) is 13.2 Å². The highest BCUT2D eigenvalue weighted by atomic mass is 35.5. The summed E-state index contributed by atoms with van der Waals surface area (Å²) in [4.78, 5) is 32.2. The van der Waals surface area contributed by atoms with Gasteiger partial charge in [-0.15, -0.1) is 0 Å². The summed E-state index contributed by atoms with van der Waals surface area (Å²) in [5.41, 5.74) is 6.23. The molecular weight excluding hydrogens is 964 g/mol. The maximum atomic E-state index is 12.0. The molecule has 370 valence electrons. The molecular formula is C54H50Cl2N6O10. The van der Waals surface area contributed by atoms with Crippen LogP contribution in [0.15, 0.2) is 97.6 Å². The SMILES string of the molecule is CC(CO)(NCc1cc(Cl)c(O[C@H]2CCc3c(-c4cccc5c4CC[C@@H]5Oc4cc(OCc5cncc(C#N)c5)c(CNC(C)(CO)C(=O)O)cc4Cl)cccc32)cc1OCc1cncc(C#N)c1)C(=O)O. The van der Waals surface area contributed by atoms with Gasteiger partial charge in [0.1, 0.15) is 71.6 Å². The Balaban J connectivity index is 1.04.